The molecule has 0 aromatic heterocycles. The molecule has 6 heteroatoms. The average molecular weight is 445 g/mol. The molecule has 0 aliphatic heterocycles. The number of nitrogens with zero attached hydrogens (tertiary/aromatic N) is 1. The summed E-state index contributed by atoms with van der Waals surface area (Å²) in [6.45, 7) is 2.49. The van der Waals surface area contributed by atoms with E-state index in [1.54, 1.807) is 24.0 Å². The van der Waals surface area contributed by atoms with Crippen LogP contribution in [0.3, 0.4) is 0 Å². The minimum absolute atomic E-state index is 0.333. The van der Waals surface area contributed by atoms with Crippen LogP contribution in [0.1, 0.15) is 28.3 Å². The topological polar surface area (TPSA) is 32.3 Å². The average Bonchev–Trinajstić information content (AvgIpc) is 2.75. The Kier molecular flexibility index (Phi) is 7.72. The van der Waals surface area contributed by atoms with Crippen molar-refractivity contribution >= 4 is 29.2 Å². The second-order valence-corrected chi connectivity index (χ2v) is 8.26. The van der Waals surface area contributed by atoms with Crippen LogP contribution in [0.15, 0.2) is 78.9 Å². The van der Waals surface area contributed by atoms with Crippen LogP contribution in [0.25, 0.3) is 0 Å². The first-order valence-corrected chi connectivity index (χ1v) is 10.5. The molecule has 0 heterocycles. The highest BCUT2D eigenvalue weighted by molar-refractivity contribution is 6.44. The largest absolute Gasteiger partial charge is 0.328 e. The van der Waals surface area contributed by atoms with Crippen molar-refractivity contribution in [2.75, 3.05) is 0 Å². The van der Waals surface area contributed by atoms with E-state index in [-0.39, 0.29) is 11.8 Å². The summed E-state index contributed by atoms with van der Waals surface area (Å²) >= 11 is 12.3. The number of amides is 2. The van der Waals surface area contributed by atoms with Crippen LogP contribution in [0.2, 0.25) is 0 Å². The van der Waals surface area contributed by atoms with Crippen LogP contribution < -0.4 is 5.32 Å². The van der Waals surface area contributed by atoms with E-state index in [9.17, 15) is 9.18 Å². The number of benzene rings is 3. The smallest absolute Gasteiger partial charge is 0.318 e. The summed E-state index contributed by atoms with van der Waals surface area (Å²) in [5, 5.41) is 2.88. The molecule has 1 atom stereocenters. The van der Waals surface area contributed by atoms with E-state index in [4.69, 9.17) is 23.2 Å². The number of carbonyl (C=O) groups excluding carboxylic acids is 1. The number of nitrogens with one attached hydrogen (secondary N) is 1. The normalized spacial score (nSPS) is 11.9. The van der Waals surface area contributed by atoms with Gasteiger partial charge in [-0.1, -0.05) is 72.8 Å². The number of hydrogen-bond donors (Lipinski definition) is 1. The maximum Gasteiger partial charge on any atom is 0.318 e. The molecule has 3 rings (SSSR count). The number of urea groups is 1. The Labute approximate surface area is 186 Å². The first-order chi connectivity index (χ1) is 14.4. The molecule has 156 valence electrons. The molecule has 3 nitrogen and oxygen atoms in total. The minimum Gasteiger partial charge on any atom is -0.328 e. The first kappa shape index (κ1) is 22.1. The number of halogens is 3. The van der Waals surface area contributed by atoms with Crippen molar-refractivity contribution in [3.05, 3.63) is 107 Å². The summed E-state index contributed by atoms with van der Waals surface area (Å²) in [7, 11) is 0. The molecule has 3 aromatic rings. The minimum atomic E-state index is -0.939. The van der Waals surface area contributed by atoms with E-state index in [1.165, 1.54) is 6.07 Å². The maximum atomic E-state index is 14.1. The summed E-state index contributed by atoms with van der Waals surface area (Å²) < 4.78 is 14.1. The SMILES string of the molecule is Cc1ccc([C@@H](NC(=O)N(Cc2ccccc2)Cc2ccccc2)C(Cl)Cl)cc1F. The molecule has 2 amide bonds. The summed E-state index contributed by atoms with van der Waals surface area (Å²) in [5.74, 6) is -0.369. The van der Waals surface area contributed by atoms with Gasteiger partial charge in [0, 0.05) is 13.1 Å². The fraction of sp³-hybridized carbons (Fsp3) is 0.208. The van der Waals surface area contributed by atoms with Crippen LogP contribution >= 0.6 is 23.2 Å². The van der Waals surface area contributed by atoms with E-state index in [0.29, 0.717) is 24.2 Å². The zero-order valence-electron chi connectivity index (χ0n) is 16.6. The lowest BCUT2D eigenvalue weighted by atomic mass is 10.1. The van der Waals surface area contributed by atoms with E-state index in [0.717, 1.165) is 11.1 Å². The van der Waals surface area contributed by atoms with Gasteiger partial charge in [0.1, 0.15) is 10.7 Å². The molecule has 0 bridgehead atoms. The number of carbonyl (C=O) groups is 1. The van der Waals surface area contributed by atoms with Crippen LogP contribution in [-0.4, -0.2) is 15.8 Å². The van der Waals surface area contributed by atoms with Gasteiger partial charge in [-0.05, 0) is 35.2 Å². The van der Waals surface area contributed by atoms with Crippen molar-refractivity contribution in [3.8, 4) is 0 Å². The highest BCUT2D eigenvalue weighted by Gasteiger charge is 2.25. The molecule has 0 spiro atoms. The predicted molar refractivity (Wildman–Crippen MR) is 120 cm³/mol. The van der Waals surface area contributed by atoms with Crippen molar-refractivity contribution in [1.82, 2.24) is 10.2 Å². The van der Waals surface area contributed by atoms with Gasteiger partial charge in [-0.15, -0.1) is 23.2 Å². The van der Waals surface area contributed by atoms with E-state index in [2.05, 4.69) is 5.32 Å². The molecular formula is C24H23Cl2FN2O. The van der Waals surface area contributed by atoms with E-state index < -0.39 is 10.9 Å². The van der Waals surface area contributed by atoms with Crippen molar-refractivity contribution < 1.29 is 9.18 Å². The zero-order chi connectivity index (χ0) is 21.5. The second kappa shape index (κ2) is 10.5. The molecule has 0 aliphatic rings. The molecule has 0 radical (unpaired) electrons. The Morgan fingerprint density at radius 1 is 0.933 bits per heavy atom. The summed E-state index contributed by atoms with van der Waals surface area (Å²) in [6.07, 6.45) is 0. The predicted octanol–water partition coefficient (Wildman–Crippen LogP) is 6.39. The van der Waals surface area contributed by atoms with Crippen LogP contribution in [0.4, 0.5) is 9.18 Å². The van der Waals surface area contributed by atoms with Gasteiger partial charge in [-0.25, -0.2) is 9.18 Å². The zero-order valence-corrected chi connectivity index (χ0v) is 18.1. The molecule has 0 saturated heterocycles. The summed E-state index contributed by atoms with van der Waals surface area (Å²) in [5.41, 5.74) is 3.02. The molecule has 0 aliphatic carbocycles. The highest BCUT2D eigenvalue weighted by Crippen LogP contribution is 2.26. The lowest BCUT2D eigenvalue weighted by Gasteiger charge is -2.28. The lowest BCUT2D eigenvalue weighted by Crippen LogP contribution is -2.42. The monoisotopic (exact) mass is 444 g/mol. The third-order valence-corrected chi connectivity index (χ3v) is 5.31. The Bertz CT molecular complexity index is 926. The number of rotatable bonds is 7. The lowest BCUT2D eigenvalue weighted by molar-refractivity contribution is 0.188. The molecule has 1 N–H and O–H groups in total. The van der Waals surface area contributed by atoms with E-state index in [1.807, 2.05) is 60.7 Å². The third-order valence-electron chi connectivity index (χ3n) is 4.81. The molecule has 0 saturated carbocycles. The van der Waals surface area contributed by atoms with E-state index >= 15 is 0 Å². The van der Waals surface area contributed by atoms with Crippen molar-refractivity contribution in [2.24, 2.45) is 0 Å². The Hall–Kier alpha value is -2.56. The Morgan fingerprint density at radius 3 is 1.93 bits per heavy atom. The number of alkyl halides is 2. The summed E-state index contributed by atoms with van der Waals surface area (Å²) in [4.78, 5) is 13.9. The first-order valence-electron chi connectivity index (χ1n) is 9.61. The van der Waals surface area contributed by atoms with Gasteiger partial charge in [-0.3, -0.25) is 0 Å². The third kappa shape index (κ3) is 5.97. The molecule has 3 aromatic carbocycles. The molecule has 0 unspecified atom stereocenters. The van der Waals surface area contributed by atoms with Gasteiger partial charge in [0.05, 0.1) is 6.04 Å². The van der Waals surface area contributed by atoms with Gasteiger partial charge in [0.15, 0.2) is 0 Å². The van der Waals surface area contributed by atoms with Gasteiger partial charge in [0.2, 0.25) is 0 Å². The summed E-state index contributed by atoms with van der Waals surface area (Å²) in [6, 6.07) is 23.1. The fourth-order valence-corrected chi connectivity index (χ4v) is 3.54. The Balaban J connectivity index is 1.83. The van der Waals surface area contributed by atoms with Crippen molar-refractivity contribution in [2.45, 2.75) is 30.9 Å². The van der Waals surface area contributed by atoms with Gasteiger partial charge >= 0.3 is 6.03 Å². The van der Waals surface area contributed by atoms with Crippen LogP contribution in [0.5, 0.6) is 0 Å². The van der Waals surface area contributed by atoms with Crippen molar-refractivity contribution in [1.29, 1.82) is 0 Å². The highest BCUT2D eigenvalue weighted by atomic mass is 35.5. The molecule has 0 fully saturated rings. The van der Waals surface area contributed by atoms with Crippen molar-refractivity contribution in [3.63, 3.8) is 0 Å². The maximum absolute atomic E-state index is 14.1. The fourth-order valence-electron chi connectivity index (χ4n) is 3.13. The number of aryl methyl sites for hydroxylation is 1. The van der Waals surface area contributed by atoms with Crippen LogP contribution in [0, 0.1) is 12.7 Å². The second-order valence-electron chi connectivity index (χ2n) is 7.10. The Morgan fingerprint density at radius 2 is 1.47 bits per heavy atom. The molecular weight excluding hydrogens is 422 g/mol. The quantitative estimate of drug-likeness (QED) is 0.420. The number of hydrogen-bond acceptors (Lipinski definition) is 1. The van der Waals surface area contributed by atoms with Gasteiger partial charge in [0.25, 0.3) is 0 Å². The van der Waals surface area contributed by atoms with Crippen LogP contribution in [-0.2, 0) is 13.1 Å². The van der Waals surface area contributed by atoms with Gasteiger partial charge in [-0.2, -0.15) is 0 Å². The van der Waals surface area contributed by atoms with Gasteiger partial charge < -0.3 is 10.2 Å². The molecule has 30 heavy (non-hydrogen) atoms. The standard InChI is InChI=1S/C24H23Cl2FN2O/c1-17-12-13-20(14-21(17)27)22(23(25)26)28-24(30)29(15-18-8-4-2-5-9-18)16-19-10-6-3-7-11-19/h2-14,22-23H,15-16H2,1H3,(H,28,30)/t22-/m1/s1.